The Labute approximate surface area is 95.5 Å². The van der Waals surface area contributed by atoms with E-state index < -0.39 is 18.3 Å². The van der Waals surface area contributed by atoms with Gasteiger partial charge in [0.1, 0.15) is 0 Å². The van der Waals surface area contributed by atoms with Crippen LogP contribution in [0.2, 0.25) is 0 Å². The summed E-state index contributed by atoms with van der Waals surface area (Å²) in [5, 5.41) is 31.3. The summed E-state index contributed by atoms with van der Waals surface area (Å²) in [6, 6.07) is 0. The van der Waals surface area contributed by atoms with Crippen molar-refractivity contribution in [3.8, 4) is 0 Å². The third-order valence-electron chi connectivity index (χ3n) is 2.38. The molecule has 0 saturated heterocycles. The molecule has 3 N–H and O–H groups in total. The van der Waals surface area contributed by atoms with Crippen molar-refractivity contribution in [1.82, 2.24) is 0 Å². The summed E-state index contributed by atoms with van der Waals surface area (Å²) in [5.74, 6) is 0. The van der Waals surface area contributed by atoms with Crippen LogP contribution in [0.15, 0.2) is 5.11 Å². The Balaban J connectivity index is 3.50. The molecule has 3 atom stereocenters. The van der Waals surface area contributed by atoms with Crippen molar-refractivity contribution in [3.63, 3.8) is 0 Å². The summed E-state index contributed by atoms with van der Waals surface area (Å²) < 4.78 is 0. The van der Waals surface area contributed by atoms with Gasteiger partial charge in [-0.2, -0.15) is 0 Å². The lowest BCUT2D eigenvalue weighted by molar-refractivity contribution is 0.0905. The topological polar surface area (TPSA) is 109 Å². The lowest BCUT2D eigenvalue weighted by Crippen LogP contribution is -2.15. The standard InChI is InChI=1S/C10H21N3O3/c1-8(14)2-3-9(15)4-5-10(16)6-7-12-13-11/h8-10,14-16H,2-7H2,1H3. The fraction of sp³-hybridized carbons (Fsp3) is 1.00. The van der Waals surface area contributed by atoms with Crippen molar-refractivity contribution in [2.75, 3.05) is 6.54 Å². The zero-order valence-electron chi connectivity index (χ0n) is 9.66. The van der Waals surface area contributed by atoms with Crippen LogP contribution >= 0.6 is 0 Å². The predicted octanol–water partition coefficient (Wildman–Crippen LogP) is 1.35. The summed E-state index contributed by atoms with van der Waals surface area (Å²) in [5.41, 5.74) is 8.03. The van der Waals surface area contributed by atoms with Gasteiger partial charge in [0.15, 0.2) is 0 Å². The molecule has 0 aliphatic heterocycles. The van der Waals surface area contributed by atoms with E-state index in [0.29, 0.717) is 32.1 Å². The number of rotatable bonds is 9. The normalized spacial score (nSPS) is 16.2. The number of nitrogens with zero attached hydrogens (tertiary/aromatic N) is 3. The third kappa shape index (κ3) is 9.73. The molecule has 0 radical (unpaired) electrons. The van der Waals surface area contributed by atoms with Crippen LogP contribution in [0.1, 0.15) is 39.0 Å². The first-order valence-corrected chi connectivity index (χ1v) is 5.61. The van der Waals surface area contributed by atoms with E-state index in [2.05, 4.69) is 10.0 Å². The van der Waals surface area contributed by atoms with Gasteiger partial charge in [0.05, 0.1) is 18.3 Å². The van der Waals surface area contributed by atoms with Gasteiger partial charge in [-0.3, -0.25) is 0 Å². The van der Waals surface area contributed by atoms with Gasteiger partial charge >= 0.3 is 0 Å². The van der Waals surface area contributed by atoms with Crippen molar-refractivity contribution in [1.29, 1.82) is 0 Å². The number of hydrogen-bond acceptors (Lipinski definition) is 4. The molecule has 0 amide bonds. The first-order valence-electron chi connectivity index (χ1n) is 5.61. The Hall–Kier alpha value is -0.810. The number of aliphatic hydroxyl groups is 3. The molecule has 0 fully saturated rings. The van der Waals surface area contributed by atoms with E-state index in [0.717, 1.165) is 0 Å². The summed E-state index contributed by atoms with van der Waals surface area (Å²) >= 11 is 0. The maximum atomic E-state index is 9.51. The molecule has 94 valence electrons. The molecule has 0 aromatic rings. The first kappa shape index (κ1) is 15.2. The Morgan fingerprint density at radius 3 is 2.00 bits per heavy atom. The molecule has 0 spiro atoms. The van der Waals surface area contributed by atoms with E-state index in [1.165, 1.54) is 0 Å². The number of azide groups is 1. The van der Waals surface area contributed by atoms with Gasteiger partial charge in [-0.1, -0.05) is 5.11 Å². The zero-order chi connectivity index (χ0) is 12.4. The van der Waals surface area contributed by atoms with Crippen molar-refractivity contribution in [2.45, 2.75) is 57.3 Å². The molecule has 0 heterocycles. The fourth-order valence-corrected chi connectivity index (χ4v) is 1.36. The molecule has 0 bridgehead atoms. The maximum absolute atomic E-state index is 9.51. The Morgan fingerprint density at radius 1 is 1.00 bits per heavy atom. The van der Waals surface area contributed by atoms with Crippen molar-refractivity contribution in [2.24, 2.45) is 5.11 Å². The SMILES string of the molecule is CC(O)CCC(O)CCC(O)CCN=[N+]=[N-]. The van der Waals surface area contributed by atoms with Crippen LogP contribution < -0.4 is 0 Å². The highest BCUT2D eigenvalue weighted by Crippen LogP contribution is 2.10. The van der Waals surface area contributed by atoms with Crippen molar-refractivity contribution in [3.05, 3.63) is 10.4 Å². The second kappa shape index (κ2) is 9.42. The Kier molecular flexibility index (Phi) is 8.94. The highest BCUT2D eigenvalue weighted by Gasteiger charge is 2.09. The first-order chi connectivity index (χ1) is 7.56. The second-order valence-corrected chi connectivity index (χ2v) is 4.05. The summed E-state index contributed by atoms with van der Waals surface area (Å²) in [6.45, 7) is 1.96. The van der Waals surface area contributed by atoms with Crippen LogP contribution in [0.25, 0.3) is 10.4 Å². The van der Waals surface area contributed by atoms with Gasteiger partial charge < -0.3 is 15.3 Å². The molecule has 0 aromatic heterocycles. The smallest absolute Gasteiger partial charge is 0.0542 e. The van der Waals surface area contributed by atoms with Crippen LogP contribution in [-0.2, 0) is 0 Å². The third-order valence-corrected chi connectivity index (χ3v) is 2.38. The van der Waals surface area contributed by atoms with E-state index in [9.17, 15) is 10.2 Å². The van der Waals surface area contributed by atoms with Gasteiger partial charge in [0.2, 0.25) is 0 Å². The summed E-state index contributed by atoms with van der Waals surface area (Å²) in [7, 11) is 0. The molecule has 16 heavy (non-hydrogen) atoms. The highest BCUT2D eigenvalue weighted by atomic mass is 16.3. The van der Waals surface area contributed by atoms with Crippen LogP contribution in [0.3, 0.4) is 0 Å². The largest absolute Gasteiger partial charge is 0.393 e. The molecule has 0 rings (SSSR count). The van der Waals surface area contributed by atoms with E-state index in [1.54, 1.807) is 6.92 Å². The molecule has 0 aliphatic carbocycles. The minimum absolute atomic E-state index is 0.279. The summed E-state index contributed by atoms with van der Waals surface area (Å²) in [6.07, 6.45) is 1.11. The minimum Gasteiger partial charge on any atom is -0.393 e. The van der Waals surface area contributed by atoms with Gasteiger partial charge in [0.25, 0.3) is 0 Å². The maximum Gasteiger partial charge on any atom is 0.0542 e. The lowest BCUT2D eigenvalue weighted by atomic mass is 10.0. The average molecular weight is 231 g/mol. The van der Waals surface area contributed by atoms with E-state index in [-0.39, 0.29) is 6.54 Å². The van der Waals surface area contributed by atoms with E-state index >= 15 is 0 Å². The predicted molar refractivity (Wildman–Crippen MR) is 60.8 cm³/mol. The quantitative estimate of drug-likeness (QED) is 0.316. The average Bonchev–Trinajstić information content (AvgIpc) is 2.24. The zero-order valence-corrected chi connectivity index (χ0v) is 9.66. The van der Waals surface area contributed by atoms with Crippen LogP contribution in [0.5, 0.6) is 0 Å². The molecule has 6 nitrogen and oxygen atoms in total. The molecule has 3 unspecified atom stereocenters. The number of aliphatic hydroxyl groups excluding tert-OH is 3. The summed E-state index contributed by atoms with van der Waals surface area (Å²) in [4.78, 5) is 2.59. The van der Waals surface area contributed by atoms with Crippen LogP contribution in [-0.4, -0.2) is 40.2 Å². The molecular formula is C10H21N3O3. The van der Waals surface area contributed by atoms with Gasteiger partial charge in [-0.15, -0.1) is 0 Å². The van der Waals surface area contributed by atoms with Gasteiger partial charge in [0, 0.05) is 11.5 Å². The molecule has 0 saturated carbocycles. The van der Waals surface area contributed by atoms with Gasteiger partial charge in [-0.25, -0.2) is 0 Å². The van der Waals surface area contributed by atoms with Gasteiger partial charge in [-0.05, 0) is 44.6 Å². The monoisotopic (exact) mass is 231 g/mol. The fourth-order valence-electron chi connectivity index (χ4n) is 1.36. The van der Waals surface area contributed by atoms with E-state index in [1.807, 2.05) is 0 Å². The number of hydrogen-bond donors (Lipinski definition) is 3. The lowest BCUT2D eigenvalue weighted by Gasteiger charge is -2.14. The molecule has 0 aromatic carbocycles. The Bertz CT molecular complexity index is 217. The van der Waals surface area contributed by atoms with Crippen LogP contribution in [0.4, 0.5) is 0 Å². The van der Waals surface area contributed by atoms with Crippen LogP contribution in [0, 0.1) is 0 Å². The molecule has 0 aliphatic rings. The Morgan fingerprint density at radius 2 is 1.50 bits per heavy atom. The molecule has 6 heteroatoms. The minimum atomic E-state index is -0.535. The van der Waals surface area contributed by atoms with Crippen molar-refractivity contribution >= 4 is 0 Å². The second-order valence-electron chi connectivity index (χ2n) is 4.05. The van der Waals surface area contributed by atoms with Crippen molar-refractivity contribution < 1.29 is 15.3 Å². The molecular weight excluding hydrogens is 210 g/mol. The van der Waals surface area contributed by atoms with E-state index in [4.69, 9.17) is 10.6 Å². The highest BCUT2D eigenvalue weighted by molar-refractivity contribution is 4.64.